The largest absolute Gasteiger partial charge is 0.381 e. The number of nitrogens with zero attached hydrogens (tertiary/aromatic N) is 2. The minimum atomic E-state index is 0.401. The van der Waals surface area contributed by atoms with Crippen molar-refractivity contribution >= 4 is 28.4 Å². The van der Waals surface area contributed by atoms with E-state index in [1.165, 1.54) is 0 Å². The highest BCUT2D eigenvalue weighted by molar-refractivity contribution is 5.80. The lowest BCUT2D eigenvalue weighted by Crippen LogP contribution is -2.02. The third-order valence-corrected chi connectivity index (χ3v) is 2.63. The zero-order chi connectivity index (χ0) is 12.4. The summed E-state index contributed by atoms with van der Waals surface area (Å²) in [4.78, 5) is 8.80. The Balaban J connectivity index is 2.04. The van der Waals surface area contributed by atoms with E-state index in [1.807, 2.05) is 54.6 Å². The molecule has 0 aliphatic carbocycles. The third-order valence-electron chi connectivity index (χ3n) is 2.63. The molecule has 1 aromatic heterocycles. The van der Waals surface area contributed by atoms with Crippen LogP contribution in [0.15, 0.2) is 54.6 Å². The zero-order valence-corrected chi connectivity index (χ0v) is 9.67. The molecular formula is C14H12N4. The molecule has 4 heteroatoms. The highest BCUT2D eigenvalue weighted by Crippen LogP contribution is 2.21. The Morgan fingerprint density at radius 3 is 2.11 bits per heavy atom. The van der Waals surface area contributed by atoms with E-state index in [2.05, 4.69) is 15.3 Å². The lowest BCUT2D eigenvalue weighted by atomic mass is 10.3. The molecule has 3 aromatic rings. The molecule has 0 unspecified atom stereocenters. The summed E-state index contributed by atoms with van der Waals surface area (Å²) in [6, 6.07) is 17.4. The summed E-state index contributed by atoms with van der Waals surface area (Å²) in [6.45, 7) is 0. The van der Waals surface area contributed by atoms with Gasteiger partial charge in [-0.1, -0.05) is 30.3 Å². The van der Waals surface area contributed by atoms with E-state index in [-0.39, 0.29) is 0 Å². The molecule has 0 spiro atoms. The number of nitrogens with two attached hydrogens (primary N) is 1. The molecule has 1 heterocycles. The lowest BCUT2D eigenvalue weighted by Gasteiger charge is -2.08. The SMILES string of the molecule is Nc1nc2ccccc2nc1Nc1ccccc1. The highest BCUT2D eigenvalue weighted by atomic mass is 15.1. The summed E-state index contributed by atoms with van der Waals surface area (Å²) in [6.07, 6.45) is 0. The van der Waals surface area contributed by atoms with Crippen LogP contribution in [0, 0.1) is 0 Å². The number of hydrogen-bond acceptors (Lipinski definition) is 4. The van der Waals surface area contributed by atoms with Crippen molar-refractivity contribution in [3.63, 3.8) is 0 Å². The zero-order valence-electron chi connectivity index (χ0n) is 9.67. The molecule has 3 N–H and O–H groups in total. The molecule has 88 valence electrons. The number of rotatable bonds is 2. The van der Waals surface area contributed by atoms with Gasteiger partial charge in [0.15, 0.2) is 11.6 Å². The van der Waals surface area contributed by atoms with Crippen LogP contribution in [0.2, 0.25) is 0 Å². The Labute approximate surface area is 104 Å². The van der Waals surface area contributed by atoms with E-state index in [4.69, 9.17) is 5.73 Å². The van der Waals surface area contributed by atoms with Crippen molar-refractivity contribution in [3.05, 3.63) is 54.6 Å². The summed E-state index contributed by atoms with van der Waals surface area (Å²) in [5, 5.41) is 3.17. The minimum Gasteiger partial charge on any atom is -0.381 e. The predicted octanol–water partition coefficient (Wildman–Crippen LogP) is 2.96. The molecule has 2 aromatic carbocycles. The maximum Gasteiger partial charge on any atom is 0.174 e. The first-order chi connectivity index (χ1) is 8.83. The van der Waals surface area contributed by atoms with Gasteiger partial charge in [-0.3, -0.25) is 0 Å². The van der Waals surface area contributed by atoms with Gasteiger partial charge >= 0.3 is 0 Å². The molecule has 0 saturated heterocycles. The molecule has 18 heavy (non-hydrogen) atoms. The fourth-order valence-corrected chi connectivity index (χ4v) is 1.76. The molecular weight excluding hydrogens is 224 g/mol. The molecule has 0 aliphatic heterocycles. The van der Waals surface area contributed by atoms with E-state index >= 15 is 0 Å². The van der Waals surface area contributed by atoms with Crippen LogP contribution in [0.1, 0.15) is 0 Å². The van der Waals surface area contributed by atoms with E-state index < -0.39 is 0 Å². The first-order valence-corrected chi connectivity index (χ1v) is 5.67. The average molecular weight is 236 g/mol. The molecule has 0 radical (unpaired) electrons. The van der Waals surface area contributed by atoms with Gasteiger partial charge in [0, 0.05) is 5.69 Å². The Morgan fingerprint density at radius 2 is 1.39 bits per heavy atom. The quantitative estimate of drug-likeness (QED) is 0.718. The second-order valence-corrected chi connectivity index (χ2v) is 3.94. The Morgan fingerprint density at radius 1 is 0.778 bits per heavy atom. The Bertz CT molecular complexity index is 680. The van der Waals surface area contributed by atoms with Gasteiger partial charge in [-0.25, -0.2) is 9.97 Å². The van der Waals surface area contributed by atoms with Gasteiger partial charge in [-0.15, -0.1) is 0 Å². The molecule has 0 bridgehead atoms. The molecule has 0 saturated carbocycles. The van der Waals surface area contributed by atoms with Crippen molar-refractivity contribution in [2.75, 3.05) is 11.1 Å². The molecule has 3 rings (SSSR count). The molecule has 0 atom stereocenters. The minimum absolute atomic E-state index is 0.401. The summed E-state index contributed by atoms with van der Waals surface area (Å²) >= 11 is 0. The van der Waals surface area contributed by atoms with Gasteiger partial charge < -0.3 is 11.1 Å². The fourth-order valence-electron chi connectivity index (χ4n) is 1.76. The average Bonchev–Trinajstić information content (AvgIpc) is 2.41. The van der Waals surface area contributed by atoms with Crippen LogP contribution < -0.4 is 11.1 Å². The van der Waals surface area contributed by atoms with Gasteiger partial charge in [0.05, 0.1) is 11.0 Å². The number of anilines is 3. The highest BCUT2D eigenvalue weighted by Gasteiger charge is 2.05. The first kappa shape index (κ1) is 10.5. The summed E-state index contributed by atoms with van der Waals surface area (Å²) in [7, 11) is 0. The molecule has 0 aliphatic rings. The third kappa shape index (κ3) is 1.96. The predicted molar refractivity (Wildman–Crippen MR) is 73.7 cm³/mol. The molecule has 0 amide bonds. The number of para-hydroxylation sites is 3. The molecule has 4 nitrogen and oxygen atoms in total. The summed E-state index contributed by atoms with van der Waals surface area (Å²) in [5.41, 5.74) is 8.46. The van der Waals surface area contributed by atoms with Gasteiger partial charge in [-0.2, -0.15) is 0 Å². The lowest BCUT2D eigenvalue weighted by molar-refractivity contribution is 1.29. The van der Waals surface area contributed by atoms with Crippen LogP contribution in [-0.2, 0) is 0 Å². The fraction of sp³-hybridized carbons (Fsp3) is 0. The monoisotopic (exact) mass is 236 g/mol. The van der Waals surface area contributed by atoms with Crippen LogP contribution in [0.5, 0.6) is 0 Å². The van der Waals surface area contributed by atoms with Gasteiger partial charge in [0.1, 0.15) is 0 Å². The van der Waals surface area contributed by atoms with Crippen molar-refractivity contribution in [2.45, 2.75) is 0 Å². The number of aromatic nitrogens is 2. The van der Waals surface area contributed by atoms with Crippen molar-refractivity contribution < 1.29 is 0 Å². The smallest absolute Gasteiger partial charge is 0.174 e. The van der Waals surface area contributed by atoms with Crippen LogP contribution >= 0.6 is 0 Å². The summed E-state index contributed by atoms with van der Waals surface area (Å²) in [5.74, 6) is 0.984. The van der Waals surface area contributed by atoms with Crippen LogP contribution in [0.3, 0.4) is 0 Å². The first-order valence-electron chi connectivity index (χ1n) is 5.67. The van der Waals surface area contributed by atoms with E-state index in [1.54, 1.807) is 0 Å². The van der Waals surface area contributed by atoms with Crippen molar-refractivity contribution in [2.24, 2.45) is 0 Å². The van der Waals surface area contributed by atoms with E-state index in [0.717, 1.165) is 16.7 Å². The van der Waals surface area contributed by atoms with Gasteiger partial charge in [-0.05, 0) is 24.3 Å². The second-order valence-electron chi connectivity index (χ2n) is 3.94. The van der Waals surface area contributed by atoms with Crippen LogP contribution in [0.25, 0.3) is 11.0 Å². The maximum absolute atomic E-state index is 5.90. The van der Waals surface area contributed by atoms with Crippen molar-refractivity contribution in [3.8, 4) is 0 Å². The van der Waals surface area contributed by atoms with Crippen LogP contribution in [-0.4, -0.2) is 9.97 Å². The number of nitrogen functional groups attached to an aromatic ring is 1. The number of nitrogens with one attached hydrogen (secondary N) is 1. The molecule has 0 fully saturated rings. The standard InChI is InChI=1S/C14H12N4/c15-13-14(16-10-6-2-1-3-7-10)18-12-9-5-4-8-11(12)17-13/h1-9H,(H2,15,17)(H,16,18). The summed E-state index contributed by atoms with van der Waals surface area (Å²) < 4.78 is 0. The van der Waals surface area contributed by atoms with Gasteiger partial charge in [0.25, 0.3) is 0 Å². The van der Waals surface area contributed by atoms with Gasteiger partial charge in [0.2, 0.25) is 0 Å². The normalized spacial score (nSPS) is 10.4. The van der Waals surface area contributed by atoms with E-state index in [9.17, 15) is 0 Å². The van der Waals surface area contributed by atoms with Crippen molar-refractivity contribution in [1.82, 2.24) is 9.97 Å². The number of hydrogen-bond donors (Lipinski definition) is 2. The van der Waals surface area contributed by atoms with Crippen LogP contribution in [0.4, 0.5) is 17.3 Å². The topological polar surface area (TPSA) is 63.8 Å². The second kappa shape index (κ2) is 4.33. The Hall–Kier alpha value is -2.62. The van der Waals surface area contributed by atoms with Crippen molar-refractivity contribution in [1.29, 1.82) is 0 Å². The maximum atomic E-state index is 5.90. The Kier molecular flexibility index (Phi) is 2.53. The van der Waals surface area contributed by atoms with E-state index in [0.29, 0.717) is 11.6 Å². The number of benzene rings is 2. The number of fused-ring (bicyclic) bond motifs is 1.